The summed E-state index contributed by atoms with van der Waals surface area (Å²) in [4.78, 5) is 37.2. The van der Waals surface area contributed by atoms with Gasteiger partial charge in [0, 0.05) is 6.54 Å². The van der Waals surface area contributed by atoms with Crippen LogP contribution in [-0.4, -0.2) is 41.4 Å². The van der Waals surface area contributed by atoms with Crippen LogP contribution in [0.15, 0.2) is 24.3 Å². The van der Waals surface area contributed by atoms with Crippen LogP contribution in [0.3, 0.4) is 0 Å². The normalized spacial score (nSPS) is 24.3. The Morgan fingerprint density at radius 1 is 1.33 bits per heavy atom. The first kappa shape index (κ1) is 13.6. The molecule has 1 spiro atoms. The molecule has 0 aliphatic carbocycles. The average Bonchev–Trinajstić information content (AvgIpc) is 2.97. The lowest BCUT2D eigenvalue weighted by Crippen LogP contribution is -2.49. The molecule has 2 N–H and O–H groups in total. The topological polar surface area (TPSA) is 78.5 Å². The molecule has 6 nitrogen and oxygen atoms in total. The molecule has 0 radical (unpaired) electrons. The number of carbonyl (C=O) groups excluding carboxylic acids is 3. The summed E-state index contributed by atoms with van der Waals surface area (Å²) in [7, 11) is 0. The molecule has 2 aliphatic heterocycles. The maximum atomic E-state index is 12.4. The third-order valence-corrected chi connectivity index (χ3v) is 4.24. The molecule has 2 heterocycles. The molecule has 2 aliphatic rings. The van der Waals surface area contributed by atoms with E-state index < -0.39 is 11.6 Å². The molecule has 4 amide bonds. The van der Waals surface area contributed by atoms with Crippen molar-refractivity contribution in [3.8, 4) is 0 Å². The Morgan fingerprint density at radius 3 is 2.76 bits per heavy atom. The largest absolute Gasteiger partial charge is 0.339 e. The Bertz CT molecular complexity index is 628. The summed E-state index contributed by atoms with van der Waals surface area (Å²) in [5.41, 5.74) is 1.13. The fourth-order valence-electron chi connectivity index (χ4n) is 2.92. The zero-order valence-corrected chi connectivity index (χ0v) is 11.8. The summed E-state index contributed by atoms with van der Waals surface area (Å²) in [6.45, 7) is 2.70. The Morgan fingerprint density at radius 2 is 2.10 bits per heavy atom. The number of likely N-dealkylation sites (tertiary alicyclic amines) is 1. The van der Waals surface area contributed by atoms with Gasteiger partial charge in [0.1, 0.15) is 5.54 Å². The van der Waals surface area contributed by atoms with E-state index in [1.807, 2.05) is 31.2 Å². The fourth-order valence-corrected chi connectivity index (χ4v) is 2.92. The standard InChI is InChI=1S/C15H17N3O3/c1-10-4-2-3-5-11(10)8-12(19)18-7-6-15(9-18)13(20)16-14(21)17-15/h2-5H,6-9H2,1H3,(H2,16,17,20,21). The first-order valence-corrected chi connectivity index (χ1v) is 6.96. The second kappa shape index (κ2) is 4.87. The molecule has 2 saturated heterocycles. The number of urea groups is 1. The first-order valence-electron chi connectivity index (χ1n) is 6.96. The molecule has 1 unspecified atom stereocenters. The monoisotopic (exact) mass is 287 g/mol. The highest BCUT2D eigenvalue weighted by atomic mass is 16.2. The second-order valence-electron chi connectivity index (χ2n) is 5.66. The predicted octanol–water partition coefficient (Wildman–Crippen LogP) is 0.348. The summed E-state index contributed by atoms with van der Waals surface area (Å²) in [6.07, 6.45) is 0.780. The minimum atomic E-state index is -0.932. The molecule has 1 aromatic rings. The Labute approximate surface area is 122 Å². The first-order chi connectivity index (χ1) is 10.00. The van der Waals surface area contributed by atoms with Crippen molar-refractivity contribution in [3.63, 3.8) is 0 Å². The SMILES string of the molecule is Cc1ccccc1CC(=O)N1CCC2(C1)NC(=O)NC2=O. The Balaban J connectivity index is 1.69. The van der Waals surface area contributed by atoms with Gasteiger partial charge in [-0.15, -0.1) is 0 Å². The summed E-state index contributed by atoms with van der Waals surface area (Å²) in [6, 6.07) is 7.27. The molecule has 21 heavy (non-hydrogen) atoms. The summed E-state index contributed by atoms with van der Waals surface area (Å²) < 4.78 is 0. The molecule has 1 aromatic carbocycles. The summed E-state index contributed by atoms with van der Waals surface area (Å²) >= 11 is 0. The van der Waals surface area contributed by atoms with Crippen molar-refractivity contribution >= 4 is 17.8 Å². The van der Waals surface area contributed by atoms with Gasteiger partial charge in [0.25, 0.3) is 5.91 Å². The van der Waals surface area contributed by atoms with E-state index in [0.29, 0.717) is 19.4 Å². The zero-order chi connectivity index (χ0) is 15.0. The number of nitrogens with one attached hydrogen (secondary N) is 2. The van der Waals surface area contributed by atoms with E-state index in [1.54, 1.807) is 4.90 Å². The second-order valence-corrected chi connectivity index (χ2v) is 5.66. The molecule has 3 rings (SSSR count). The molecule has 2 fully saturated rings. The molecule has 0 aromatic heterocycles. The van der Waals surface area contributed by atoms with Gasteiger partial charge in [0.2, 0.25) is 5.91 Å². The van der Waals surface area contributed by atoms with Gasteiger partial charge in [-0.1, -0.05) is 24.3 Å². The quantitative estimate of drug-likeness (QED) is 0.770. The minimum Gasteiger partial charge on any atom is -0.339 e. The van der Waals surface area contributed by atoms with Gasteiger partial charge in [0.05, 0.1) is 13.0 Å². The minimum absolute atomic E-state index is 0.0184. The van der Waals surface area contributed by atoms with Crippen molar-refractivity contribution in [1.82, 2.24) is 15.5 Å². The average molecular weight is 287 g/mol. The predicted molar refractivity (Wildman–Crippen MR) is 75.5 cm³/mol. The molecule has 0 bridgehead atoms. The van der Waals surface area contributed by atoms with Gasteiger partial charge < -0.3 is 10.2 Å². The Kier molecular flexibility index (Phi) is 3.16. The third-order valence-electron chi connectivity index (χ3n) is 4.24. The maximum Gasteiger partial charge on any atom is 0.322 e. The van der Waals surface area contributed by atoms with E-state index in [4.69, 9.17) is 0 Å². The van der Waals surface area contributed by atoms with Crippen molar-refractivity contribution in [2.45, 2.75) is 25.3 Å². The van der Waals surface area contributed by atoms with E-state index >= 15 is 0 Å². The third kappa shape index (κ3) is 2.37. The van der Waals surface area contributed by atoms with Gasteiger partial charge >= 0.3 is 6.03 Å². The number of aryl methyl sites for hydroxylation is 1. The highest BCUT2D eigenvalue weighted by Crippen LogP contribution is 2.25. The van der Waals surface area contributed by atoms with Crippen molar-refractivity contribution < 1.29 is 14.4 Å². The van der Waals surface area contributed by atoms with Gasteiger partial charge in [-0.25, -0.2) is 4.79 Å². The highest BCUT2D eigenvalue weighted by Gasteiger charge is 2.51. The van der Waals surface area contributed by atoms with Crippen LogP contribution in [0.5, 0.6) is 0 Å². The molecular weight excluding hydrogens is 270 g/mol. The van der Waals surface area contributed by atoms with Crippen molar-refractivity contribution in [2.24, 2.45) is 0 Å². The number of hydrogen-bond acceptors (Lipinski definition) is 3. The zero-order valence-electron chi connectivity index (χ0n) is 11.8. The van der Waals surface area contributed by atoms with Crippen LogP contribution in [0.4, 0.5) is 4.79 Å². The molecule has 110 valence electrons. The smallest absolute Gasteiger partial charge is 0.322 e. The van der Waals surface area contributed by atoms with Crippen LogP contribution in [0.2, 0.25) is 0 Å². The number of rotatable bonds is 2. The molecule has 0 saturated carbocycles. The van der Waals surface area contributed by atoms with Crippen LogP contribution in [0.25, 0.3) is 0 Å². The van der Waals surface area contributed by atoms with Crippen molar-refractivity contribution in [1.29, 1.82) is 0 Å². The maximum absolute atomic E-state index is 12.4. The van der Waals surface area contributed by atoms with Gasteiger partial charge in [-0.2, -0.15) is 0 Å². The van der Waals surface area contributed by atoms with E-state index in [2.05, 4.69) is 10.6 Å². The number of benzene rings is 1. The van der Waals surface area contributed by atoms with Crippen molar-refractivity contribution in [3.05, 3.63) is 35.4 Å². The molecular formula is C15H17N3O3. The number of carbonyl (C=O) groups is 3. The number of hydrogen-bond donors (Lipinski definition) is 2. The van der Waals surface area contributed by atoms with E-state index in [0.717, 1.165) is 11.1 Å². The number of amides is 4. The number of imide groups is 1. The van der Waals surface area contributed by atoms with Gasteiger partial charge in [-0.05, 0) is 24.5 Å². The van der Waals surface area contributed by atoms with Gasteiger partial charge in [0.15, 0.2) is 0 Å². The van der Waals surface area contributed by atoms with Crippen LogP contribution in [-0.2, 0) is 16.0 Å². The number of nitrogens with zero attached hydrogens (tertiary/aromatic N) is 1. The summed E-state index contributed by atoms with van der Waals surface area (Å²) in [5, 5.41) is 4.89. The van der Waals surface area contributed by atoms with E-state index in [1.165, 1.54) is 0 Å². The van der Waals surface area contributed by atoms with Gasteiger partial charge in [-0.3, -0.25) is 14.9 Å². The van der Waals surface area contributed by atoms with E-state index in [-0.39, 0.29) is 18.4 Å². The van der Waals surface area contributed by atoms with Crippen LogP contribution in [0.1, 0.15) is 17.5 Å². The fraction of sp³-hybridized carbons (Fsp3) is 0.400. The molecule has 6 heteroatoms. The lowest BCUT2D eigenvalue weighted by molar-refractivity contribution is -0.130. The Hall–Kier alpha value is -2.37. The van der Waals surface area contributed by atoms with Crippen molar-refractivity contribution in [2.75, 3.05) is 13.1 Å². The molecule has 1 atom stereocenters. The van der Waals surface area contributed by atoms with Crippen LogP contribution in [0, 0.1) is 6.92 Å². The van der Waals surface area contributed by atoms with E-state index in [9.17, 15) is 14.4 Å². The van der Waals surface area contributed by atoms with Crippen LogP contribution >= 0.6 is 0 Å². The summed E-state index contributed by atoms with van der Waals surface area (Å²) in [5.74, 6) is -0.353. The lowest BCUT2D eigenvalue weighted by atomic mass is 9.99. The lowest BCUT2D eigenvalue weighted by Gasteiger charge is -2.21. The van der Waals surface area contributed by atoms with Crippen LogP contribution < -0.4 is 10.6 Å². The highest BCUT2D eigenvalue weighted by molar-refractivity contribution is 6.07.